The largest absolute Gasteiger partial charge is 0.347 e. The lowest BCUT2D eigenvalue weighted by molar-refractivity contribution is 0.155. The van der Waals surface area contributed by atoms with Crippen molar-refractivity contribution >= 4 is 23.3 Å². The maximum Gasteiger partial charge on any atom is 0.322 e. The number of hydrogen-bond acceptors (Lipinski definition) is 5. The molecule has 156 valence electrons. The Bertz CT molecular complexity index is 1230. The zero-order chi connectivity index (χ0) is 21.4. The summed E-state index contributed by atoms with van der Waals surface area (Å²) in [7, 11) is 0. The molecule has 1 aliphatic heterocycles. The van der Waals surface area contributed by atoms with Gasteiger partial charge in [-0.1, -0.05) is 40.5 Å². The number of aromatic amines is 1. The van der Waals surface area contributed by atoms with Crippen LogP contribution in [0, 0.1) is 6.92 Å². The van der Waals surface area contributed by atoms with E-state index in [0.29, 0.717) is 35.4 Å². The molecule has 0 fully saturated rings. The molecule has 1 atom stereocenters. The Morgan fingerprint density at radius 1 is 1.26 bits per heavy atom. The molecule has 31 heavy (non-hydrogen) atoms. The highest BCUT2D eigenvalue weighted by molar-refractivity contribution is 6.30. The minimum atomic E-state index is -0.436. The molecule has 2 N–H and O–H groups in total. The molecule has 0 radical (unpaired) electrons. The van der Waals surface area contributed by atoms with Gasteiger partial charge in [-0.2, -0.15) is 4.98 Å². The van der Waals surface area contributed by atoms with Gasteiger partial charge in [-0.15, -0.1) is 0 Å². The average Bonchev–Trinajstić information content (AvgIpc) is 3.43. The number of hydrogen-bond donors (Lipinski definition) is 2. The summed E-state index contributed by atoms with van der Waals surface area (Å²) in [6.07, 6.45) is 2.11. The summed E-state index contributed by atoms with van der Waals surface area (Å²) in [6, 6.07) is 14.1. The third kappa shape index (κ3) is 3.89. The Morgan fingerprint density at radius 2 is 2.10 bits per heavy atom. The van der Waals surface area contributed by atoms with Gasteiger partial charge in [0.05, 0.1) is 24.3 Å². The van der Waals surface area contributed by atoms with Crippen LogP contribution in [0.25, 0.3) is 11.4 Å². The molecular weight excluding hydrogens is 416 g/mol. The van der Waals surface area contributed by atoms with E-state index in [0.717, 1.165) is 22.5 Å². The number of H-pyrrole nitrogens is 1. The van der Waals surface area contributed by atoms with Crippen molar-refractivity contribution < 1.29 is 9.32 Å². The lowest BCUT2D eigenvalue weighted by Gasteiger charge is -2.32. The summed E-state index contributed by atoms with van der Waals surface area (Å²) in [5.41, 5.74) is 4.39. The minimum Gasteiger partial charge on any atom is -0.347 e. The third-order valence-electron chi connectivity index (χ3n) is 5.26. The van der Waals surface area contributed by atoms with Crippen molar-refractivity contribution in [2.24, 2.45) is 0 Å². The van der Waals surface area contributed by atoms with Crippen molar-refractivity contribution in [3.63, 3.8) is 0 Å². The van der Waals surface area contributed by atoms with Crippen LogP contribution < -0.4 is 5.32 Å². The van der Waals surface area contributed by atoms with Crippen molar-refractivity contribution in [1.29, 1.82) is 0 Å². The summed E-state index contributed by atoms with van der Waals surface area (Å²) in [4.78, 5) is 26.9. The Balaban J connectivity index is 1.45. The molecule has 8 nitrogen and oxygen atoms in total. The van der Waals surface area contributed by atoms with Gasteiger partial charge >= 0.3 is 6.03 Å². The molecule has 0 spiro atoms. The van der Waals surface area contributed by atoms with Gasteiger partial charge in [0.25, 0.3) is 0 Å². The maximum absolute atomic E-state index is 13.1. The van der Waals surface area contributed by atoms with Gasteiger partial charge < -0.3 is 19.7 Å². The van der Waals surface area contributed by atoms with Crippen LogP contribution in [0.2, 0.25) is 5.02 Å². The summed E-state index contributed by atoms with van der Waals surface area (Å²) in [5.74, 6) is 0.862. The van der Waals surface area contributed by atoms with Crippen molar-refractivity contribution in [3.05, 3.63) is 82.7 Å². The molecule has 4 aromatic rings. The Morgan fingerprint density at radius 3 is 2.90 bits per heavy atom. The second kappa shape index (κ2) is 7.88. The van der Waals surface area contributed by atoms with Crippen LogP contribution in [0.5, 0.6) is 0 Å². The Hall–Kier alpha value is -3.65. The first-order valence-corrected chi connectivity index (χ1v) is 10.2. The molecule has 2 aromatic carbocycles. The van der Waals surface area contributed by atoms with E-state index in [9.17, 15) is 4.79 Å². The number of nitrogens with one attached hydrogen (secondary N) is 2. The first-order valence-electron chi connectivity index (χ1n) is 9.82. The van der Waals surface area contributed by atoms with Crippen LogP contribution in [0.4, 0.5) is 10.5 Å². The van der Waals surface area contributed by atoms with E-state index in [4.69, 9.17) is 16.1 Å². The van der Waals surface area contributed by atoms with Crippen LogP contribution in [0.1, 0.15) is 28.9 Å². The molecule has 2 aromatic heterocycles. The predicted molar refractivity (Wildman–Crippen MR) is 116 cm³/mol. The number of urea groups is 1. The molecule has 0 saturated heterocycles. The predicted octanol–water partition coefficient (Wildman–Crippen LogP) is 4.75. The van der Waals surface area contributed by atoms with E-state index in [1.807, 2.05) is 31.2 Å². The van der Waals surface area contributed by atoms with Gasteiger partial charge in [0.2, 0.25) is 11.7 Å². The second-order valence-electron chi connectivity index (χ2n) is 7.44. The van der Waals surface area contributed by atoms with Gasteiger partial charge in [0, 0.05) is 22.7 Å². The zero-order valence-corrected chi connectivity index (χ0v) is 17.4. The lowest BCUT2D eigenvalue weighted by atomic mass is 10.0. The fraction of sp³-hybridized carbons (Fsp3) is 0.182. The van der Waals surface area contributed by atoms with Crippen molar-refractivity contribution in [3.8, 4) is 11.4 Å². The van der Waals surface area contributed by atoms with Crippen molar-refractivity contribution in [2.45, 2.75) is 25.9 Å². The smallest absolute Gasteiger partial charge is 0.322 e. The number of nitrogens with zero attached hydrogens (tertiary/aromatic N) is 4. The molecule has 0 saturated carbocycles. The molecule has 5 rings (SSSR count). The van der Waals surface area contributed by atoms with E-state index in [2.05, 4.69) is 25.4 Å². The maximum atomic E-state index is 13.1. The number of anilines is 1. The summed E-state index contributed by atoms with van der Waals surface area (Å²) < 4.78 is 5.60. The number of carbonyl (C=O) groups is 1. The highest BCUT2D eigenvalue weighted by Crippen LogP contribution is 2.32. The fourth-order valence-corrected chi connectivity index (χ4v) is 3.80. The number of aromatic nitrogens is 4. The fourth-order valence-electron chi connectivity index (χ4n) is 3.67. The van der Waals surface area contributed by atoms with Crippen LogP contribution in [0.15, 0.2) is 59.4 Å². The summed E-state index contributed by atoms with van der Waals surface area (Å²) >= 11 is 5.94. The molecule has 2 amide bonds. The number of aryl methyl sites for hydroxylation is 1. The number of amides is 2. The molecule has 0 bridgehead atoms. The van der Waals surface area contributed by atoms with E-state index in [1.54, 1.807) is 35.5 Å². The van der Waals surface area contributed by atoms with Gasteiger partial charge in [-0.25, -0.2) is 9.78 Å². The van der Waals surface area contributed by atoms with Gasteiger partial charge in [-0.3, -0.25) is 0 Å². The van der Waals surface area contributed by atoms with Gasteiger partial charge in [0.1, 0.15) is 6.04 Å². The Kier molecular flexibility index (Phi) is 4.91. The molecule has 0 unspecified atom stereocenters. The highest BCUT2D eigenvalue weighted by Gasteiger charge is 2.36. The topological polar surface area (TPSA) is 99.9 Å². The van der Waals surface area contributed by atoms with Crippen molar-refractivity contribution in [2.75, 3.05) is 5.32 Å². The molecule has 1 aliphatic rings. The molecular formula is C22H19ClN6O2. The van der Waals surface area contributed by atoms with E-state index < -0.39 is 6.04 Å². The van der Waals surface area contributed by atoms with Gasteiger partial charge in [0.15, 0.2) is 0 Å². The monoisotopic (exact) mass is 434 g/mol. The number of rotatable bonds is 3. The van der Waals surface area contributed by atoms with Crippen molar-refractivity contribution in [1.82, 2.24) is 25.0 Å². The first kappa shape index (κ1) is 19.3. The van der Waals surface area contributed by atoms with Crippen LogP contribution in [0.3, 0.4) is 0 Å². The average molecular weight is 435 g/mol. The quantitative estimate of drug-likeness (QED) is 0.484. The third-order valence-corrected chi connectivity index (χ3v) is 5.51. The van der Waals surface area contributed by atoms with Gasteiger partial charge in [-0.05, 0) is 37.3 Å². The number of carbonyl (C=O) groups excluding carboxylic acids is 1. The number of benzene rings is 2. The minimum absolute atomic E-state index is 0.275. The SMILES string of the molecule is Cc1cccc(-c2noc([C@@H]3Cc4nc[nH]c4CN3C(=O)Nc3ccc(Cl)cc3)n2)c1. The standard InChI is InChI=1S/C22H19ClN6O2/c1-13-3-2-4-14(9-13)20-27-21(31-28-20)19-10-17-18(25-12-24-17)11-29(19)22(30)26-16-7-5-15(23)6-8-16/h2-9,12,19H,10-11H2,1H3,(H,24,25)(H,26,30)/t19-/m0/s1. The number of halogens is 1. The van der Waals surface area contributed by atoms with Crippen LogP contribution in [-0.2, 0) is 13.0 Å². The number of fused-ring (bicyclic) bond motifs is 1. The molecule has 3 heterocycles. The number of imidazole rings is 1. The van der Waals surface area contributed by atoms with Crippen LogP contribution >= 0.6 is 11.6 Å². The molecule has 0 aliphatic carbocycles. The zero-order valence-electron chi connectivity index (χ0n) is 16.7. The van der Waals surface area contributed by atoms with E-state index >= 15 is 0 Å². The van der Waals surface area contributed by atoms with Crippen LogP contribution in [-0.4, -0.2) is 31.0 Å². The summed E-state index contributed by atoms with van der Waals surface area (Å²) in [6.45, 7) is 2.36. The second-order valence-corrected chi connectivity index (χ2v) is 7.87. The first-order chi connectivity index (χ1) is 15.1. The Labute approximate surface area is 183 Å². The van der Waals surface area contributed by atoms with E-state index in [-0.39, 0.29) is 6.03 Å². The van der Waals surface area contributed by atoms with E-state index in [1.165, 1.54) is 0 Å². The normalized spacial score (nSPS) is 15.5. The molecule has 9 heteroatoms. The lowest BCUT2D eigenvalue weighted by Crippen LogP contribution is -2.41. The highest BCUT2D eigenvalue weighted by atomic mass is 35.5. The summed E-state index contributed by atoms with van der Waals surface area (Å²) in [5, 5.41) is 7.66.